The lowest BCUT2D eigenvalue weighted by molar-refractivity contribution is 0.368. The van der Waals surface area contributed by atoms with Crippen LogP contribution < -0.4 is 10.1 Å². The predicted molar refractivity (Wildman–Crippen MR) is 82.2 cm³/mol. The van der Waals surface area contributed by atoms with Crippen LogP contribution in [0.4, 0.5) is 0 Å². The fraction of sp³-hybridized carbons (Fsp3) is 0.188. The van der Waals surface area contributed by atoms with Crippen molar-refractivity contribution in [2.24, 2.45) is 0 Å². The lowest BCUT2D eigenvalue weighted by Gasteiger charge is -2.07. The summed E-state index contributed by atoms with van der Waals surface area (Å²) in [5.74, 6) is 0.724. The summed E-state index contributed by atoms with van der Waals surface area (Å²) in [5.41, 5.74) is 2.43. The first kappa shape index (κ1) is 14.6. The summed E-state index contributed by atoms with van der Waals surface area (Å²) in [5, 5.41) is 11.8. The Morgan fingerprint density at radius 1 is 1.05 bits per heavy atom. The smallest absolute Gasteiger partial charge is 0.174 e. The number of ether oxygens (including phenoxy) is 1. The van der Waals surface area contributed by atoms with Gasteiger partial charge in [-0.2, -0.15) is 5.26 Å². The summed E-state index contributed by atoms with van der Waals surface area (Å²) >= 11 is 3.46. The van der Waals surface area contributed by atoms with Gasteiger partial charge in [-0.1, -0.05) is 40.2 Å². The van der Waals surface area contributed by atoms with Crippen molar-refractivity contribution in [1.29, 1.82) is 5.26 Å². The van der Waals surface area contributed by atoms with Crippen LogP contribution in [0.25, 0.3) is 0 Å². The average molecular weight is 331 g/mol. The van der Waals surface area contributed by atoms with Gasteiger partial charge in [0.25, 0.3) is 0 Å². The molecule has 0 atom stereocenters. The van der Waals surface area contributed by atoms with Crippen LogP contribution in [-0.4, -0.2) is 6.61 Å². The van der Waals surface area contributed by atoms with Crippen LogP contribution in [0, 0.1) is 11.3 Å². The topological polar surface area (TPSA) is 45.0 Å². The van der Waals surface area contributed by atoms with Crippen molar-refractivity contribution in [2.75, 3.05) is 6.61 Å². The van der Waals surface area contributed by atoms with Crippen molar-refractivity contribution in [3.8, 4) is 11.8 Å². The number of halogens is 1. The second-order valence-electron chi connectivity index (χ2n) is 4.32. The molecule has 2 aromatic rings. The van der Waals surface area contributed by atoms with Gasteiger partial charge in [-0.15, -0.1) is 0 Å². The summed E-state index contributed by atoms with van der Waals surface area (Å²) in [6, 6.07) is 18.0. The van der Waals surface area contributed by atoms with Crippen LogP contribution in [0.15, 0.2) is 53.0 Å². The van der Waals surface area contributed by atoms with Gasteiger partial charge in [0.2, 0.25) is 0 Å². The lowest BCUT2D eigenvalue weighted by Crippen LogP contribution is -2.12. The molecule has 0 aromatic heterocycles. The molecule has 1 N–H and O–H groups in total. The maximum Gasteiger partial charge on any atom is 0.174 e. The summed E-state index contributed by atoms with van der Waals surface area (Å²) in [6.07, 6.45) is 0. The van der Waals surface area contributed by atoms with E-state index in [-0.39, 0.29) is 6.61 Å². The lowest BCUT2D eigenvalue weighted by atomic mass is 10.2. The van der Waals surface area contributed by atoms with Crippen molar-refractivity contribution >= 4 is 15.9 Å². The highest BCUT2D eigenvalue weighted by Crippen LogP contribution is 2.13. The third kappa shape index (κ3) is 4.69. The number of rotatable bonds is 6. The maximum atomic E-state index is 8.44. The third-order valence-electron chi connectivity index (χ3n) is 2.77. The molecule has 0 aliphatic heterocycles. The molecule has 2 aromatic carbocycles. The minimum absolute atomic E-state index is 0.0838. The highest BCUT2D eigenvalue weighted by Gasteiger charge is 1.97. The predicted octanol–water partition coefficient (Wildman–Crippen LogP) is 3.64. The molecule has 2 rings (SSSR count). The van der Waals surface area contributed by atoms with Gasteiger partial charge < -0.3 is 10.1 Å². The van der Waals surface area contributed by atoms with Gasteiger partial charge in [-0.25, -0.2) is 0 Å². The molecule has 0 aliphatic rings. The summed E-state index contributed by atoms with van der Waals surface area (Å²) in [7, 11) is 0. The number of nitrogens with zero attached hydrogens (tertiary/aromatic N) is 1. The molecule has 0 radical (unpaired) electrons. The van der Waals surface area contributed by atoms with Crippen LogP contribution in [0.2, 0.25) is 0 Å². The maximum absolute atomic E-state index is 8.44. The Hall–Kier alpha value is -1.83. The normalized spacial score (nSPS) is 10.0. The zero-order chi connectivity index (χ0) is 14.2. The van der Waals surface area contributed by atoms with Crippen LogP contribution in [0.3, 0.4) is 0 Å². The zero-order valence-corrected chi connectivity index (χ0v) is 12.6. The van der Waals surface area contributed by atoms with Crippen LogP contribution in [-0.2, 0) is 13.1 Å². The van der Waals surface area contributed by atoms with Crippen LogP contribution >= 0.6 is 15.9 Å². The molecule has 102 valence electrons. The Balaban J connectivity index is 1.81. The number of hydrogen-bond donors (Lipinski definition) is 1. The Bertz CT molecular complexity index is 590. The molecular formula is C16H15BrN2O. The third-order valence-corrected chi connectivity index (χ3v) is 3.27. The van der Waals surface area contributed by atoms with Crippen molar-refractivity contribution < 1.29 is 4.74 Å². The molecule has 3 nitrogen and oxygen atoms in total. The fourth-order valence-electron chi connectivity index (χ4n) is 1.82. The van der Waals surface area contributed by atoms with E-state index in [9.17, 15) is 0 Å². The molecule has 0 heterocycles. The SMILES string of the molecule is N#CCOc1ccc(CNCc2cccc(Br)c2)cc1. The molecule has 20 heavy (non-hydrogen) atoms. The van der Waals surface area contributed by atoms with E-state index in [0.717, 1.165) is 23.3 Å². The Morgan fingerprint density at radius 3 is 2.50 bits per heavy atom. The highest BCUT2D eigenvalue weighted by molar-refractivity contribution is 9.10. The first-order valence-electron chi connectivity index (χ1n) is 6.32. The quantitative estimate of drug-likeness (QED) is 0.879. The number of hydrogen-bond acceptors (Lipinski definition) is 3. The largest absolute Gasteiger partial charge is 0.479 e. The van der Waals surface area contributed by atoms with Crippen LogP contribution in [0.1, 0.15) is 11.1 Å². The van der Waals surface area contributed by atoms with Gasteiger partial charge in [0.1, 0.15) is 11.8 Å². The molecule has 0 fully saturated rings. The van der Waals surface area contributed by atoms with Crippen molar-refractivity contribution in [3.63, 3.8) is 0 Å². The van der Waals surface area contributed by atoms with Gasteiger partial charge in [-0.3, -0.25) is 0 Å². The molecule has 0 unspecified atom stereocenters. The number of benzene rings is 2. The Morgan fingerprint density at radius 2 is 1.80 bits per heavy atom. The monoisotopic (exact) mass is 330 g/mol. The minimum Gasteiger partial charge on any atom is -0.479 e. The fourth-order valence-corrected chi connectivity index (χ4v) is 2.26. The van der Waals surface area contributed by atoms with Gasteiger partial charge in [-0.05, 0) is 35.4 Å². The zero-order valence-electron chi connectivity index (χ0n) is 11.0. The second kappa shape index (κ2) is 7.68. The van der Waals surface area contributed by atoms with Gasteiger partial charge in [0.15, 0.2) is 6.61 Å². The van der Waals surface area contributed by atoms with E-state index >= 15 is 0 Å². The molecule has 0 saturated heterocycles. The van der Waals surface area contributed by atoms with E-state index < -0.39 is 0 Å². The van der Waals surface area contributed by atoms with E-state index in [1.807, 2.05) is 42.5 Å². The standard InChI is InChI=1S/C16H15BrN2O/c17-15-3-1-2-14(10-15)12-19-11-13-4-6-16(7-5-13)20-9-8-18/h1-7,10,19H,9,11-12H2. The first-order chi connectivity index (χ1) is 9.78. The van der Waals surface area contributed by atoms with Gasteiger partial charge >= 0.3 is 0 Å². The van der Waals surface area contributed by atoms with Gasteiger partial charge in [0.05, 0.1) is 0 Å². The highest BCUT2D eigenvalue weighted by atomic mass is 79.9. The van der Waals surface area contributed by atoms with Crippen molar-refractivity contribution in [2.45, 2.75) is 13.1 Å². The number of nitrogens with one attached hydrogen (secondary N) is 1. The Kier molecular flexibility index (Phi) is 5.60. The summed E-state index contributed by atoms with van der Waals surface area (Å²) < 4.78 is 6.30. The van der Waals surface area contributed by atoms with Crippen LogP contribution in [0.5, 0.6) is 5.75 Å². The van der Waals surface area contributed by atoms with E-state index in [2.05, 4.69) is 33.4 Å². The van der Waals surface area contributed by atoms with Crippen molar-refractivity contribution in [1.82, 2.24) is 5.32 Å². The molecule has 0 spiro atoms. The summed E-state index contributed by atoms with van der Waals surface area (Å²) in [4.78, 5) is 0. The van der Waals surface area contributed by atoms with Gasteiger partial charge in [0, 0.05) is 17.6 Å². The minimum atomic E-state index is 0.0838. The van der Waals surface area contributed by atoms with E-state index in [4.69, 9.17) is 10.00 Å². The number of nitriles is 1. The van der Waals surface area contributed by atoms with E-state index in [1.54, 1.807) is 0 Å². The first-order valence-corrected chi connectivity index (χ1v) is 7.11. The molecule has 0 saturated carbocycles. The average Bonchev–Trinajstić information content (AvgIpc) is 2.46. The Labute approximate surface area is 127 Å². The van der Waals surface area contributed by atoms with E-state index in [1.165, 1.54) is 11.1 Å². The molecular weight excluding hydrogens is 316 g/mol. The second-order valence-corrected chi connectivity index (χ2v) is 5.24. The van der Waals surface area contributed by atoms with E-state index in [0.29, 0.717) is 0 Å². The molecule has 0 amide bonds. The summed E-state index contributed by atoms with van der Waals surface area (Å²) in [6.45, 7) is 1.71. The molecule has 4 heteroatoms. The van der Waals surface area contributed by atoms with Crippen molar-refractivity contribution in [3.05, 3.63) is 64.1 Å². The molecule has 0 aliphatic carbocycles. The molecule has 0 bridgehead atoms.